The number of nitrogens with two attached hydrogens (primary N) is 1. The molecule has 1 aromatic heterocycles. The van der Waals surface area contributed by atoms with Crippen molar-refractivity contribution in [2.75, 3.05) is 13.7 Å². The van der Waals surface area contributed by atoms with Crippen molar-refractivity contribution in [3.63, 3.8) is 0 Å². The molecule has 7 heteroatoms. The number of ether oxygens (including phenoxy) is 2. The zero-order chi connectivity index (χ0) is 16.9. The van der Waals surface area contributed by atoms with Crippen LogP contribution in [0.5, 0.6) is 5.75 Å². The van der Waals surface area contributed by atoms with Gasteiger partial charge in [-0.15, -0.1) is 12.4 Å². The maximum Gasteiger partial charge on any atom is 0.345 e. The topological polar surface area (TPSA) is 87.6 Å². The van der Waals surface area contributed by atoms with E-state index >= 15 is 0 Å². The first-order valence-electron chi connectivity index (χ1n) is 7.56. The van der Waals surface area contributed by atoms with E-state index in [9.17, 15) is 4.79 Å². The second kappa shape index (κ2) is 8.50. The molecule has 0 amide bonds. The Bertz CT molecular complexity index is 835. The van der Waals surface area contributed by atoms with Crippen molar-refractivity contribution in [2.45, 2.75) is 12.5 Å². The average molecular weight is 363 g/mol. The number of carbonyl (C=O) groups excluding carboxylic acids is 1. The van der Waals surface area contributed by atoms with Crippen LogP contribution >= 0.6 is 12.4 Å². The molecule has 1 heterocycles. The summed E-state index contributed by atoms with van der Waals surface area (Å²) in [5.74, 6) is -0.168. The zero-order valence-electron chi connectivity index (χ0n) is 13.7. The molecule has 0 aliphatic carbocycles. The molecule has 3 aromatic rings. The van der Waals surface area contributed by atoms with Crippen LogP contribution in [-0.2, 0) is 11.2 Å². The van der Waals surface area contributed by atoms with Gasteiger partial charge >= 0.3 is 5.97 Å². The van der Waals surface area contributed by atoms with Crippen molar-refractivity contribution in [3.8, 4) is 5.75 Å². The molecule has 25 heavy (non-hydrogen) atoms. The molecule has 0 bridgehead atoms. The van der Waals surface area contributed by atoms with Crippen LogP contribution in [0, 0.1) is 0 Å². The lowest BCUT2D eigenvalue weighted by Gasteiger charge is -2.15. The highest BCUT2D eigenvalue weighted by atomic mass is 35.5. The number of hydrogen-bond donors (Lipinski definition) is 1. The Balaban J connectivity index is 0.00000225. The second-order valence-electron chi connectivity index (χ2n) is 5.39. The number of halogens is 1. The fourth-order valence-corrected chi connectivity index (χ4v) is 2.50. The molecule has 0 fully saturated rings. The van der Waals surface area contributed by atoms with Gasteiger partial charge in [0, 0.05) is 6.04 Å². The average Bonchev–Trinajstić information content (AvgIpc) is 3.08. The monoisotopic (exact) mass is 362 g/mol. The smallest absolute Gasteiger partial charge is 0.345 e. The first-order chi connectivity index (χ1) is 11.7. The Morgan fingerprint density at radius 1 is 1.24 bits per heavy atom. The van der Waals surface area contributed by atoms with Crippen LogP contribution in [0.1, 0.15) is 15.9 Å². The number of oxazole rings is 1. The van der Waals surface area contributed by atoms with E-state index in [0.29, 0.717) is 23.3 Å². The maximum absolute atomic E-state index is 12.1. The van der Waals surface area contributed by atoms with Crippen LogP contribution in [0.2, 0.25) is 0 Å². The third-order valence-electron chi connectivity index (χ3n) is 3.64. The predicted molar refractivity (Wildman–Crippen MR) is 96.2 cm³/mol. The van der Waals surface area contributed by atoms with Gasteiger partial charge in [-0.3, -0.25) is 0 Å². The van der Waals surface area contributed by atoms with E-state index in [1.807, 2.05) is 30.3 Å². The number of fused-ring (bicyclic) bond motifs is 1. The summed E-state index contributed by atoms with van der Waals surface area (Å²) in [4.78, 5) is 16.1. The Labute approximate surface area is 151 Å². The third-order valence-corrected chi connectivity index (χ3v) is 3.64. The second-order valence-corrected chi connectivity index (χ2v) is 5.39. The summed E-state index contributed by atoms with van der Waals surface area (Å²) in [7, 11) is 1.31. The van der Waals surface area contributed by atoms with Crippen LogP contribution in [0.4, 0.5) is 0 Å². The van der Waals surface area contributed by atoms with Gasteiger partial charge in [-0.25, -0.2) is 9.78 Å². The van der Waals surface area contributed by atoms with Crippen molar-refractivity contribution >= 4 is 29.5 Å². The number of carbonyl (C=O) groups is 1. The van der Waals surface area contributed by atoms with Gasteiger partial charge in [0.15, 0.2) is 12.0 Å². The van der Waals surface area contributed by atoms with Crippen molar-refractivity contribution in [2.24, 2.45) is 5.73 Å². The van der Waals surface area contributed by atoms with Crippen molar-refractivity contribution < 1.29 is 18.7 Å². The molecule has 0 unspecified atom stereocenters. The minimum absolute atomic E-state index is 0. The highest BCUT2D eigenvalue weighted by molar-refractivity contribution is 6.03. The third kappa shape index (κ3) is 4.29. The van der Waals surface area contributed by atoms with Gasteiger partial charge in [-0.2, -0.15) is 0 Å². The van der Waals surface area contributed by atoms with Gasteiger partial charge in [0.25, 0.3) is 0 Å². The quantitative estimate of drug-likeness (QED) is 0.678. The minimum atomic E-state index is -0.538. The van der Waals surface area contributed by atoms with Crippen LogP contribution in [0.15, 0.2) is 53.3 Å². The normalized spacial score (nSPS) is 11.6. The van der Waals surface area contributed by atoms with E-state index < -0.39 is 5.97 Å². The molecule has 1 atom stereocenters. The summed E-state index contributed by atoms with van der Waals surface area (Å²) in [6.45, 7) is 0.262. The summed E-state index contributed by atoms with van der Waals surface area (Å²) < 4.78 is 15.9. The standard InChI is InChI=1S/C18H18N2O4.ClH/c1-22-18(21)16-15(8-7-14-17(16)24-11-20-14)23-10-13(19)9-12-5-3-2-4-6-12;/h2-8,11,13H,9-10,19H2,1H3;1H/t13-;/m1./s1. The van der Waals surface area contributed by atoms with E-state index in [-0.39, 0.29) is 30.6 Å². The number of hydrogen-bond acceptors (Lipinski definition) is 6. The molecule has 6 nitrogen and oxygen atoms in total. The highest BCUT2D eigenvalue weighted by Gasteiger charge is 2.21. The lowest BCUT2D eigenvalue weighted by atomic mass is 10.1. The van der Waals surface area contributed by atoms with Gasteiger partial charge < -0.3 is 19.6 Å². The van der Waals surface area contributed by atoms with Crippen molar-refractivity contribution in [1.29, 1.82) is 0 Å². The molecule has 0 aliphatic heterocycles. The van der Waals surface area contributed by atoms with Gasteiger partial charge in [-0.05, 0) is 24.1 Å². The number of aromatic nitrogens is 1. The minimum Gasteiger partial charge on any atom is -0.491 e. The Morgan fingerprint density at radius 2 is 2.00 bits per heavy atom. The molecule has 2 aromatic carbocycles. The first-order valence-corrected chi connectivity index (χ1v) is 7.56. The van der Waals surface area contributed by atoms with Crippen LogP contribution in [0.3, 0.4) is 0 Å². The summed E-state index contributed by atoms with van der Waals surface area (Å²) in [6.07, 6.45) is 1.96. The molecule has 0 radical (unpaired) electrons. The number of nitrogens with zero attached hydrogens (tertiary/aromatic N) is 1. The summed E-state index contributed by atoms with van der Waals surface area (Å²) in [5.41, 5.74) is 8.39. The van der Waals surface area contributed by atoms with Crippen LogP contribution in [-0.4, -0.2) is 30.7 Å². The van der Waals surface area contributed by atoms with Crippen LogP contribution < -0.4 is 10.5 Å². The van der Waals surface area contributed by atoms with Crippen molar-refractivity contribution in [3.05, 3.63) is 60.0 Å². The molecular formula is C18H19ClN2O4. The molecule has 3 rings (SSSR count). The molecule has 0 saturated heterocycles. The lowest BCUT2D eigenvalue weighted by Crippen LogP contribution is -2.30. The van der Waals surface area contributed by atoms with E-state index in [1.54, 1.807) is 12.1 Å². The highest BCUT2D eigenvalue weighted by Crippen LogP contribution is 2.28. The van der Waals surface area contributed by atoms with Gasteiger partial charge in [-0.1, -0.05) is 30.3 Å². The SMILES string of the molecule is COC(=O)c1c(OC[C@H](N)Cc2ccccc2)ccc2ncoc12.Cl. The largest absolute Gasteiger partial charge is 0.491 e. The molecule has 2 N–H and O–H groups in total. The number of esters is 1. The number of rotatable bonds is 6. The molecule has 0 aliphatic rings. The first kappa shape index (κ1) is 18.8. The number of methoxy groups -OCH3 is 1. The van der Waals surface area contributed by atoms with E-state index in [0.717, 1.165) is 5.56 Å². The number of benzene rings is 2. The summed E-state index contributed by atoms with van der Waals surface area (Å²) in [6, 6.07) is 13.1. The maximum atomic E-state index is 12.1. The van der Waals surface area contributed by atoms with Crippen LogP contribution in [0.25, 0.3) is 11.1 Å². The van der Waals surface area contributed by atoms with Gasteiger partial charge in [0.2, 0.25) is 0 Å². The Kier molecular flexibility index (Phi) is 6.38. The van der Waals surface area contributed by atoms with Gasteiger partial charge in [0.05, 0.1) is 7.11 Å². The molecule has 132 valence electrons. The Hall–Kier alpha value is -2.57. The fraction of sp³-hybridized carbons (Fsp3) is 0.222. The molecule has 0 saturated carbocycles. The Morgan fingerprint density at radius 3 is 2.72 bits per heavy atom. The predicted octanol–water partition coefficient (Wildman–Crippen LogP) is 2.99. The van der Waals surface area contributed by atoms with E-state index in [4.69, 9.17) is 19.6 Å². The summed E-state index contributed by atoms with van der Waals surface area (Å²) >= 11 is 0. The lowest BCUT2D eigenvalue weighted by molar-refractivity contribution is 0.0596. The van der Waals surface area contributed by atoms with Crippen molar-refractivity contribution in [1.82, 2.24) is 4.98 Å². The van der Waals surface area contributed by atoms with E-state index in [2.05, 4.69) is 4.98 Å². The molecule has 0 spiro atoms. The van der Waals surface area contributed by atoms with E-state index in [1.165, 1.54) is 13.5 Å². The molecular weight excluding hydrogens is 344 g/mol. The fourth-order valence-electron chi connectivity index (χ4n) is 2.50. The van der Waals surface area contributed by atoms with Gasteiger partial charge in [0.1, 0.15) is 23.4 Å². The summed E-state index contributed by atoms with van der Waals surface area (Å²) in [5, 5.41) is 0. The zero-order valence-corrected chi connectivity index (χ0v) is 14.5.